The summed E-state index contributed by atoms with van der Waals surface area (Å²) < 4.78 is 49.0. The van der Waals surface area contributed by atoms with Crippen LogP contribution in [0, 0.1) is 0 Å². The number of para-hydroxylation sites is 2. The van der Waals surface area contributed by atoms with Gasteiger partial charge in [0.2, 0.25) is 0 Å². The van der Waals surface area contributed by atoms with Crippen LogP contribution in [-0.2, 0) is 6.18 Å². The fraction of sp³-hybridized carbons (Fsp3) is 0.270. The van der Waals surface area contributed by atoms with Gasteiger partial charge >= 0.3 is 17.9 Å². The summed E-state index contributed by atoms with van der Waals surface area (Å²) in [6.45, 7) is 2.45. The number of nitrogens with one attached hydrogen (secondary N) is 1. The highest BCUT2D eigenvalue weighted by Gasteiger charge is 2.45. The average molecular weight is 723 g/mol. The first-order valence-corrected chi connectivity index (χ1v) is 17.0. The number of aliphatic imine (C=N–C) groups is 1. The highest BCUT2D eigenvalue weighted by atomic mass is 35.5. The van der Waals surface area contributed by atoms with Gasteiger partial charge in [-0.1, -0.05) is 59.6 Å². The molecule has 13 heteroatoms. The summed E-state index contributed by atoms with van der Waals surface area (Å²) in [5.41, 5.74) is 2.20. The molecule has 1 fully saturated rings. The molecule has 0 bridgehead atoms. The normalized spacial score (nSPS) is 18.5. The number of aromatic amines is 1. The molecule has 5 aromatic rings. The van der Waals surface area contributed by atoms with Gasteiger partial charge < -0.3 is 14.6 Å². The summed E-state index contributed by atoms with van der Waals surface area (Å²) in [5, 5.41) is 1.02. The van der Waals surface area contributed by atoms with E-state index in [1.807, 2.05) is 48.5 Å². The van der Waals surface area contributed by atoms with Crippen molar-refractivity contribution in [1.29, 1.82) is 0 Å². The topological polar surface area (TPSA) is 82.9 Å². The van der Waals surface area contributed by atoms with Gasteiger partial charge in [0, 0.05) is 29.2 Å². The molecule has 1 saturated heterocycles. The number of nitrogens with zero attached hydrogens (tertiary/aromatic N) is 4. The van der Waals surface area contributed by atoms with Crippen LogP contribution < -0.4 is 10.4 Å². The minimum absolute atomic E-state index is 0.0390. The van der Waals surface area contributed by atoms with Crippen LogP contribution >= 0.6 is 23.2 Å². The quantitative estimate of drug-likeness (QED) is 0.190. The van der Waals surface area contributed by atoms with Crippen LogP contribution in [0.1, 0.15) is 60.1 Å². The highest BCUT2D eigenvalue weighted by Crippen LogP contribution is 2.46. The zero-order chi connectivity index (χ0) is 35.2. The molecule has 8 nitrogen and oxygen atoms in total. The molecule has 0 radical (unpaired) electrons. The number of amides is 2. The Labute approximate surface area is 295 Å². The van der Waals surface area contributed by atoms with E-state index in [9.17, 15) is 22.8 Å². The van der Waals surface area contributed by atoms with E-state index in [4.69, 9.17) is 32.9 Å². The third kappa shape index (κ3) is 6.35. The number of benzene rings is 4. The second-order valence-corrected chi connectivity index (χ2v) is 13.1. The Morgan fingerprint density at radius 3 is 2.20 bits per heavy atom. The van der Waals surface area contributed by atoms with E-state index in [1.165, 1.54) is 6.07 Å². The van der Waals surface area contributed by atoms with E-state index in [0.717, 1.165) is 34.3 Å². The number of H-pyrrole nitrogens is 1. The van der Waals surface area contributed by atoms with Gasteiger partial charge in [0.1, 0.15) is 17.6 Å². The van der Waals surface area contributed by atoms with Crippen molar-refractivity contribution in [2.24, 2.45) is 4.99 Å². The van der Waals surface area contributed by atoms with Crippen LogP contribution in [0.15, 0.2) is 101 Å². The van der Waals surface area contributed by atoms with Gasteiger partial charge in [-0.2, -0.15) is 13.2 Å². The summed E-state index contributed by atoms with van der Waals surface area (Å²) in [6, 6.07) is 23.1. The minimum Gasteiger partial charge on any atom is -0.493 e. The van der Waals surface area contributed by atoms with Crippen LogP contribution in [-0.4, -0.2) is 50.9 Å². The van der Waals surface area contributed by atoms with Gasteiger partial charge in [0.15, 0.2) is 0 Å². The fourth-order valence-corrected chi connectivity index (χ4v) is 7.17. The molecule has 0 saturated carbocycles. The Kier molecular flexibility index (Phi) is 9.13. The molecule has 1 N–H and O–H groups in total. The number of aromatic nitrogens is 2. The van der Waals surface area contributed by atoms with Crippen LogP contribution in [0.4, 0.5) is 18.0 Å². The highest BCUT2D eigenvalue weighted by molar-refractivity contribution is 6.30. The molecule has 7 rings (SSSR count). The molecule has 2 unspecified atom stereocenters. The van der Waals surface area contributed by atoms with E-state index < -0.39 is 23.8 Å². The maximum absolute atomic E-state index is 14.9. The maximum Gasteiger partial charge on any atom is 0.416 e. The predicted molar refractivity (Wildman–Crippen MR) is 187 cm³/mol. The lowest BCUT2D eigenvalue weighted by atomic mass is 9.93. The Balaban J connectivity index is 1.31. The van der Waals surface area contributed by atoms with E-state index in [1.54, 1.807) is 45.6 Å². The average Bonchev–Trinajstić information content (AvgIpc) is 3.66. The molecular weight excluding hydrogens is 690 g/mol. The van der Waals surface area contributed by atoms with Crippen molar-refractivity contribution in [2.75, 3.05) is 19.7 Å². The first-order chi connectivity index (χ1) is 24.0. The molecule has 2 aliphatic heterocycles. The number of piperidine rings is 1. The molecule has 2 atom stereocenters. The van der Waals surface area contributed by atoms with Crippen molar-refractivity contribution in [3.63, 3.8) is 0 Å². The van der Waals surface area contributed by atoms with Gasteiger partial charge in [0.05, 0.1) is 34.8 Å². The van der Waals surface area contributed by atoms with Gasteiger partial charge in [-0.15, -0.1) is 0 Å². The number of carbonyl (C=O) groups is 1. The molecule has 0 aliphatic carbocycles. The standard InChI is InChI=1S/C37H32Cl2F3N5O3/c1-2-50-31-21-24(37(40,41)42)11-16-28(31)34-44-32(22-7-12-25(38)13-8-22)33(23-9-14-26(39)15-10-23)47(34)36(49)45-19-17-27(18-20-45)46-30-6-4-3-5-29(30)43-35(46)48/h3-16,21,27,32-33H,2,17-20H2,1H3,(H,43,48). The van der Waals surface area contributed by atoms with Crippen molar-refractivity contribution in [1.82, 2.24) is 19.4 Å². The fourth-order valence-electron chi connectivity index (χ4n) is 6.92. The van der Waals surface area contributed by atoms with E-state index >= 15 is 0 Å². The monoisotopic (exact) mass is 721 g/mol. The molecule has 4 aromatic carbocycles. The molecule has 258 valence electrons. The lowest BCUT2D eigenvalue weighted by Gasteiger charge is -2.38. The summed E-state index contributed by atoms with van der Waals surface area (Å²) in [5.74, 6) is 0.143. The maximum atomic E-state index is 14.9. The molecule has 3 heterocycles. The molecule has 1 aromatic heterocycles. The van der Waals surface area contributed by atoms with Crippen molar-refractivity contribution in [3.05, 3.63) is 134 Å². The molecule has 0 spiro atoms. The second kappa shape index (κ2) is 13.5. The Hall–Kier alpha value is -4.74. The number of hydrogen-bond acceptors (Lipinski definition) is 4. The Morgan fingerprint density at radius 2 is 1.56 bits per heavy atom. The lowest BCUT2D eigenvalue weighted by molar-refractivity contribution is -0.137. The largest absolute Gasteiger partial charge is 0.493 e. The smallest absolute Gasteiger partial charge is 0.416 e. The molecule has 2 aliphatic rings. The second-order valence-electron chi connectivity index (χ2n) is 12.3. The number of alkyl halides is 3. The number of halogens is 5. The Bertz CT molecular complexity index is 2120. The van der Waals surface area contributed by atoms with Gasteiger partial charge in [0.25, 0.3) is 0 Å². The van der Waals surface area contributed by atoms with E-state index in [2.05, 4.69) is 4.98 Å². The summed E-state index contributed by atoms with van der Waals surface area (Å²) >= 11 is 12.5. The zero-order valence-corrected chi connectivity index (χ0v) is 28.3. The number of ether oxygens (including phenoxy) is 1. The van der Waals surface area contributed by atoms with Gasteiger partial charge in [-0.05, 0) is 85.5 Å². The summed E-state index contributed by atoms with van der Waals surface area (Å²) in [7, 11) is 0. The van der Waals surface area contributed by atoms with Crippen molar-refractivity contribution < 1.29 is 22.7 Å². The van der Waals surface area contributed by atoms with Crippen molar-refractivity contribution in [2.45, 2.75) is 44.1 Å². The predicted octanol–water partition coefficient (Wildman–Crippen LogP) is 9.06. The van der Waals surface area contributed by atoms with Crippen LogP contribution in [0.2, 0.25) is 10.0 Å². The molecule has 50 heavy (non-hydrogen) atoms. The number of urea groups is 1. The number of amidine groups is 1. The molecule has 2 amide bonds. The minimum atomic E-state index is -4.61. The summed E-state index contributed by atoms with van der Waals surface area (Å²) in [6.07, 6.45) is -3.57. The van der Waals surface area contributed by atoms with Crippen LogP contribution in [0.5, 0.6) is 5.75 Å². The first kappa shape index (κ1) is 33.7. The third-order valence-corrected chi connectivity index (χ3v) is 9.77. The Morgan fingerprint density at radius 1 is 0.920 bits per heavy atom. The zero-order valence-electron chi connectivity index (χ0n) is 26.8. The SMILES string of the molecule is CCOc1cc(C(F)(F)F)ccc1C1=NC(c2ccc(Cl)cc2)C(c2ccc(Cl)cc2)N1C(=O)N1CCC(n2c(=O)[nH]c3ccccc32)CC1. The van der Waals surface area contributed by atoms with Crippen LogP contribution in [0.25, 0.3) is 11.0 Å². The van der Waals surface area contributed by atoms with Crippen LogP contribution in [0.3, 0.4) is 0 Å². The number of fused-ring (bicyclic) bond motifs is 1. The number of imidazole rings is 1. The van der Waals surface area contributed by atoms with Crippen molar-refractivity contribution in [3.8, 4) is 5.75 Å². The van der Waals surface area contributed by atoms with Gasteiger partial charge in [-0.3, -0.25) is 14.5 Å². The number of hydrogen-bond donors (Lipinski definition) is 1. The third-order valence-electron chi connectivity index (χ3n) is 9.27. The van der Waals surface area contributed by atoms with E-state index in [0.29, 0.717) is 36.0 Å². The lowest BCUT2D eigenvalue weighted by Crippen LogP contribution is -2.49. The number of rotatable bonds is 6. The molecular formula is C37H32Cl2F3N5O3. The van der Waals surface area contributed by atoms with Crippen molar-refractivity contribution >= 4 is 46.1 Å². The number of likely N-dealkylation sites (tertiary alicyclic amines) is 1. The van der Waals surface area contributed by atoms with E-state index in [-0.39, 0.29) is 41.5 Å². The number of carbonyl (C=O) groups excluding carboxylic acids is 1. The summed E-state index contributed by atoms with van der Waals surface area (Å²) in [4.78, 5) is 39.1. The first-order valence-electron chi connectivity index (χ1n) is 16.2. The van der Waals surface area contributed by atoms with Gasteiger partial charge in [-0.25, -0.2) is 9.59 Å².